The summed E-state index contributed by atoms with van der Waals surface area (Å²) in [7, 11) is -2.87. The van der Waals surface area contributed by atoms with Gasteiger partial charge in [-0.05, 0) is 6.42 Å². The second-order valence-corrected chi connectivity index (χ2v) is 5.76. The van der Waals surface area contributed by atoms with Crippen molar-refractivity contribution in [1.29, 1.82) is 0 Å². The molecule has 0 amide bonds. The summed E-state index contributed by atoms with van der Waals surface area (Å²) in [5.41, 5.74) is 1.93. The zero-order chi connectivity index (χ0) is 10.2. The van der Waals surface area contributed by atoms with Gasteiger partial charge in [-0.1, -0.05) is 12.1 Å². The van der Waals surface area contributed by atoms with Crippen molar-refractivity contribution in [2.75, 3.05) is 11.5 Å². The molecule has 1 aliphatic rings. The van der Waals surface area contributed by atoms with E-state index in [2.05, 4.69) is 10.3 Å². The molecule has 0 aliphatic carbocycles. The molecule has 0 saturated heterocycles. The molecule has 6 heteroatoms. The lowest BCUT2D eigenvalue weighted by molar-refractivity contribution is 0.580. The molecule has 0 radical (unpaired) electrons. The third-order valence-corrected chi connectivity index (χ3v) is 4.15. The van der Waals surface area contributed by atoms with Crippen LogP contribution >= 0.6 is 0 Å². The second kappa shape index (κ2) is 3.34. The Morgan fingerprint density at radius 2 is 2.21 bits per heavy atom. The van der Waals surface area contributed by atoms with E-state index in [1.54, 1.807) is 4.68 Å². The third-order valence-electron chi connectivity index (χ3n) is 2.52. The molecule has 0 spiro atoms. The summed E-state index contributed by atoms with van der Waals surface area (Å²) < 4.78 is 24.5. The van der Waals surface area contributed by atoms with E-state index in [9.17, 15) is 8.42 Å². The summed E-state index contributed by atoms with van der Waals surface area (Å²) in [5, 5.41) is 7.98. The molecule has 0 fully saturated rings. The van der Waals surface area contributed by atoms with Gasteiger partial charge in [0.2, 0.25) is 0 Å². The van der Waals surface area contributed by atoms with Gasteiger partial charge in [-0.2, -0.15) is 0 Å². The highest BCUT2D eigenvalue weighted by Gasteiger charge is 2.21. The Kier molecular flexibility index (Phi) is 2.30. The van der Waals surface area contributed by atoms with Crippen molar-refractivity contribution < 1.29 is 8.42 Å². The fraction of sp³-hybridized carbons (Fsp3) is 0.750. The van der Waals surface area contributed by atoms with E-state index in [1.807, 2.05) is 6.92 Å². The first-order valence-electron chi connectivity index (χ1n) is 4.74. The van der Waals surface area contributed by atoms with Crippen LogP contribution in [-0.4, -0.2) is 34.9 Å². The molecule has 1 aromatic rings. The third kappa shape index (κ3) is 1.66. The van der Waals surface area contributed by atoms with E-state index < -0.39 is 9.84 Å². The quantitative estimate of drug-likeness (QED) is 0.651. The Balaban J connectivity index is 2.35. The maximum absolute atomic E-state index is 11.4. The molecular formula is C8H13N3O2S. The van der Waals surface area contributed by atoms with Crippen LogP contribution in [0.5, 0.6) is 0 Å². The number of fused-ring (bicyclic) bond motifs is 1. The summed E-state index contributed by atoms with van der Waals surface area (Å²) >= 11 is 0. The molecular weight excluding hydrogens is 202 g/mol. The lowest BCUT2D eigenvalue weighted by Crippen LogP contribution is -2.12. The second-order valence-electron chi connectivity index (χ2n) is 3.46. The molecule has 2 rings (SSSR count). The predicted octanol–water partition coefficient (Wildman–Crippen LogP) is -0.189. The van der Waals surface area contributed by atoms with Crippen molar-refractivity contribution in [3.8, 4) is 0 Å². The maximum Gasteiger partial charge on any atom is 0.152 e. The first-order chi connectivity index (χ1) is 6.62. The van der Waals surface area contributed by atoms with Gasteiger partial charge in [0.25, 0.3) is 0 Å². The van der Waals surface area contributed by atoms with E-state index in [4.69, 9.17) is 0 Å². The average Bonchev–Trinajstić information content (AvgIpc) is 2.47. The van der Waals surface area contributed by atoms with Gasteiger partial charge in [-0.25, -0.2) is 13.1 Å². The van der Waals surface area contributed by atoms with Crippen LogP contribution in [-0.2, 0) is 29.2 Å². The molecule has 2 heterocycles. The molecule has 0 N–H and O–H groups in total. The molecule has 5 nitrogen and oxygen atoms in total. The van der Waals surface area contributed by atoms with Crippen LogP contribution in [0.4, 0.5) is 0 Å². The summed E-state index contributed by atoms with van der Waals surface area (Å²) in [6.45, 7) is 2.45. The molecule has 1 aliphatic heterocycles. The van der Waals surface area contributed by atoms with Crippen molar-refractivity contribution in [2.45, 2.75) is 26.3 Å². The number of rotatable bonds is 1. The Bertz CT molecular complexity index is 435. The minimum atomic E-state index is -2.87. The smallest absolute Gasteiger partial charge is 0.152 e. The van der Waals surface area contributed by atoms with Gasteiger partial charge >= 0.3 is 0 Å². The first kappa shape index (κ1) is 9.64. The highest BCUT2D eigenvalue weighted by Crippen LogP contribution is 2.12. The van der Waals surface area contributed by atoms with Crippen LogP contribution in [0.2, 0.25) is 0 Å². The Morgan fingerprint density at radius 1 is 1.43 bits per heavy atom. The van der Waals surface area contributed by atoms with E-state index in [1.165, 1.54) is 0 Å². The summed E-state index contributed by atoms with van der Waals surface area (Å²) in [4.78, 5) is 0. The highest BCUT2D eigenvalue weighted by molar-refractivity contribution is 7.91. The van der Waals surface area contributed by atoms with Crippen LogP contribution in [0.15, 0.2) is 0 Å². The predicted molar refractivity (Wildman–Crippen MR) is 51.8 cm³/mol. The lowest BCUT2D eigenvalue weighted by atomic mass is 10.2. The topological polar surface area (TPSA) is 64.8 Å². The molecule has 0 atom stereocenters. The summed E-state index contributed by atoms with van der Waals surface area (Å²) in [5.74, 6) is 0.417. The van der Waals surface area contributed by atoms with Gasteiger partial charge in [0.15, 0.2) is 9.84 Å². The van der Waals surface area contributed by atoms with Crippen molar-refractivity contribution >= 4 is 9.84 Å². The van der Waals surface area contributed by atoms with Crippen LogP contribution < -0.4 is 0 Å². The minimum absolute atomic E-state index is 0.187. The monoisotopic (exact) mass is 215 g/mol. The summed E-state index contributed by atoms with van der Waals surface area (Å²) in [6, 6.07) is 0. The number of nitrogens with zero attached hydrogens (tertiary/aromatic N) is 3. The molecule has 14 heavy (non-hydrogen) atoms. The molecule has 1 aromatic heterocycles. The number of aromatic nitrogens is 3. The molecule has 0 bridgehead atoms. The van der Waals surface area contributed by atoms with Crippen molar-refractivity contribution in [1.82, 2.24) is 15.0 Å². The van der Waals surface area contributed by atoms with Crippen LogP contribution in [0.25, 0.3) is 0 Å². The van der Waals surface area contributed by atoms with Crippen LogP contribution in [0.3, 0.4) is 0 Å². The normalized spacial score (nSPS) is 20.1. The number of aryl methyl sites for hydroxylation is 2. The Hall–Kier alpha value is -0.910. The van der Waals surface area contributed by atoms with Crippen molar-refractivity contribution in [2.24, 2.45) is 0 Å². The van der Waals surface area contributed by atoms with E-state index in [0.29, 0.717) is 13.0 Å². The molecule has 78 valence electrons. The maximum atomic E-state index is 11.4. The van der Waals surface area contributed by atoms with E-state index in [0.717, 1.165) is 17.8 Å². The molecule has 0 aromatic carbocycles. The van der Waals surface area contributed by atoms with Gasteiger partial charge in [-0.3, -0.25) is 0 Å². The van der Waals surface area contributed by atoms with Gasteiger partial charge in [0.1, 0.15) is 0 Å². The average molecular weight is 215 g/mol. The SMILES string of the molecule is CCc1nnn2c1CCS(=O)(=O)CC2. The van der Waals surface area contributed by atoms with Crippen LogP contribution in [0, 0.1) is 0 Å². The van der Waals surface area contributed by atoms with Crippen molar-refractivity contribution in [3.63, 3.8) is 0 Å². The lowest BCUT2D eigenvalue weighted by Gasteiger charge is -1.99. The van der Waals surface area contributed by atoms with Gasteiger partial charge < -0.3 is 0 Å². The zero-order valence-electron chi connectivity index (χ0n) is 8.10. The fourth-order valence-corrected chi connectivity index (χ4v) is 2.84. The van der Waals surface area contributed by atoms with E-state index in [-0.39, 0.29) is 11.5 Å². The van der Waals surface area contributed by atoms with E-state index >= 15 is 0 Å². The molecule has 0 saturated carbocycles. The number of hydrogen-bond acceptors (Lipinski definition) is 4. The standard InChI is InChI=1S/C8H13N3O2S/c1-2-7-8-3-5-14(12,13)6-4-11(8)10-9-7/h2-6H2,1H3. The fourth-order valence-electron chi connectivity index (χ4n) is 1.68. The van der Waals surface area contributed by atoms with Gasteiger partial charge in [0, 0.05) is 6.42 Å². The van der Waals surface area contributed by atoms with Gasteiger partial charge in [-0.15, -0.1) is 5.10 Å². The number of sulfone groups is 1. The van der Waals surface area contributed by atoms with Crippen molar-refractivity contribution in [3.05, 3.63) is 11.4 Å². The Morgan fingerprint density at radius 3 is 2.93 bits per heavy atom. The minimum Gasteiger partial charge on any atom is -0.248 e. The zero-order valence-corrected chi connectivity index (χ0v) is 8.92. The molecule has 0 unspecified atom stereocenters. The number of hydrogen-bond donors (Lipinski definition) is 0. The van der Waals surface area contributed by atoms with Crippen LogP contribution in [0.1, 0.15) is 18.3 Å². The Labute approximate surface area is 83.0 Å². The largest absolute Gasteiger partial charge is 0.248 e. The highest BCUT2D eigenvalue weighted by atomic mass is 32.2. The summed E-state index contributed by atoms with van der Waals surface area (Å²) in [6.07, 6.45) is 1.37. The first-order valence-corrected chi connectivity index (χ1v) is 6.56. The van der Waals surface area contributed by atoms with Gasteiger partial charge in [0.05, 0.1) is 29.4 Å².